The van der Waals surface area contributed by atoms with Gasteiger partial charge in [0.25, 0.3) is 0 Å². The second-order valence-corrected chi connectivity index (χ2v) is 5.86. The Bertz CT molecular complexity index is 806. The summed E-state index contributed by atoms with van der Waals surface area (Å²) in [5, 5.41) is -4.73. The van der Waals surface area contributed by atoms with Crippen LogP contribution in [0.3, 0.4) is 0 Å². The number of rotatable bonds is 6. The summed E-state index contributed by atoms with van der Waals surface area (Å²) in [6.45, 7) is 0. The van der Waals surface area contributed by atoms with Gasteiger partial charge < -0.3 is 4.74 Å². The molecule has 0 amide bonds. The van der Waals surface area contributed by atoms with E-state index in [0.29, 0.717) is 11.8 Å². The number of hydrogen-bond donors (Lipinski definition) is 0. The molecule has 0 aliphatic heterocycles. The monoisotopic (exact) mass is 346 g/mol. The van der Waals surface area contributed by atoms with Crippen LogP contribution < -0.4 is 4.74 Å². The number of hydrogen-bond acceptors (Lipinski definition) is 5. The molecule has 0 saturated carbocycles. The van der Waals surface area contributed by atoms with Crippen LogP contribution in [0.5, 0.6) is 11.5 Å². The van der Waals surface area contributed by atoms with Crippen molar-refractivity contribution in [3.8, 4) is 11.5 Å². The van der Waals surface area contributed by atoms with Crippen LogP contribution in [0.1, 0.15) is 15.9 Å². The average molecular weight is 346 g/mol. The Morgan fingerprint density at radius 3 is 2.22 bits per heavy atom. The fraction of sp³-hybridized carbons (Fsp3) is 0.0714. The third kappa shape index (κ3) is 3.35. The Balaban J connectivity index is 2.43. The summed E-state index contributed by atoms with van der Waals surface area (Å²) in [4.78, 5) is 11.0. The topological polar surface area (TPSA) is 69.7 Å². The van der Waals surface area contributed by atoms with Gasteiger partial charge in [0.1, 0.15) is 11.5 Å². The lowest BCUT2D eigenvalue weighted by atomic mass is 10.1. The maximum atomic E-state index is 13.8. The average Bonchev–Trinajstić information content (AvgIpc) is 2.55. The lowest BCUT2D eigenvalue weighted by Gasteiger charge is -2.16. The minimum Gasteiger partial charge on any atom is -0.457 e. The van der Waals surface area contributed by atoms with E-state index in [-0.39, 0.29) is 12.0 Å². The summed E-state index contributed by atoms with van der Waals surface area (Å²) in [6, 6.07) is 10.8. The second kappa shape index (κ2) is 6.39. The highest BCUT2D eigenvalue weighted by atomic mass is 32.2. The molecule has 2 aromatic carbocycles. The quantitative estimate of drug-likeness (QED) is 0.748. The van der Waals surface area contributed by atoms with Crippen LogP contribution in [0.25, 0.3) is 0 Å². The molecule has 0 N–H and O–H groups in total. The van der Waals surface area contributed by atoms with Crippen LogP contribution in [0.4, 0.5) is 13.3 Å². The van der Waals surface area contributed by atoms with Crippen molar-refractivity contribution in [3.05, 3.63) is 59.7 Å². The van der Waals surface area contributed by atoms with Gasteiger partial charge in [0, 0.05) is 5.56 Å². The fourth-order valence-corrected chi connectivity index (χ4v) is 2.30. The van der Waals surface area contributed by atoms with Crippen LogP contribution in [0.15, 0.2) is 48.5 Å². The van der Waals surface area contributed by atoms with Gasteiger partial charge in [-0.3, -0.25) is 4.79 Å². The normalized spacial score (nSPS) is 12.0. The lowest BCUT2D eigenvalue weighted by Crippen LogP contribution is -2.27. The van der Waals surface area contributed by atoms with Crippen LogP contribution in [-0.4, -0.2) is 14.7 Å². The first-order valence-electron chi connectivity index (χ1n) is 6.07. The molecule has 122 valence electrons. The van der Waals surface area contributed by atoms with Gasteiger partial charge >= 0.3 is 15.4 Å². The van der Waals surface area contributed by atoms with E-state index in [4.69, 9.17) is 4.74 Å². The first kappa shape index (κ1) is 17.0. The van der Waals surface area contributed by atoms with Crippen molar-refractivity contribution in [1.29, 1.82) is 0 Å². The molecule has 9 heteroatoms. The van der Waals surface area contributed by atoms with Gasteiger partial charge in [0.2, 0.25) is 0 Å². The molecule has 0 radical (unpaired) electrons. The molecular weight excluding hydrogens is 337 g/mol. The molecule has 0 aromatic heterocycles. The smallest absolute Gasteiger partial charge is 0.398 e. The molecule has 0 fully saturated rings. The molecule has 2 rings (SSSR count). The predicted octanol–water partition coefficient (Wildman–Crippen LogP) is 3.57. The van der Waals surface area contributed by atoms with Crippen LogP contribution in [0.2, 0.25) is 0 Å². The van der Waals surface area contributed by atoms with Gasteiger partial charge in [-0.2, -0.15) is 17.2 Å². The number of alkyl halides is 2. The number of carbonyl (C=O) groups excluding carboxylic acids is 1. The molecule has 2 aromatic rings. The van der Waals surface area contributed by atoms with Gasteiger partial charge in [-0.05, 0) is 34.9 Å². The Morgan fingerprint density at radius 2 is 1.65 bits per heavy atom. The van der Waals surface area contributed by atoms with E-state index in [1.807, 2.05) is 0 Å². The number of benzene rings is 2. The molecular formula is C14H9F3O5S. The molecule has 0 spiro atoms. The summed E-state index contributed by atoms with van der Waals surface area (Å²) < 4.78 is 69.1. The van der Waals surface area contributed by atoms with E-state index in [1.165, 1.54) is 0 Å². The highest BCUT2D eigenvalue weighted by molar-refractivity contribution is 7.87. The van der Waals surface area contributed by atoms with Crippen molar-refractivity contribution >= 4 is 16.4 Å². The third-order valence-corrected chi connectivity index (χ3v) is 3.85. The maximum Gasteiger partial charge on any atom is 0.398 e. The van der Waals surface area contributed by atoms with E-state index >= 15 is 0 Å². The SMILES string of the molecule is O=Cc1cc(Oc2ccccc2)ccc1C(F)(F)S(=O)(=O)OF. The summed E-state index contributed by atoms with van der Waals surface area (Å²) in [5.41, 5.74) is -1.89. The molecule has 5 nitrogen and oxygen atoms in total. The Kier molecular flexibility index (Phi) is 4.71. The second-order valence-electron chi connectivity index (χ2n) is 4.32. The van der Waals surface area contributed by atoms with E-state index in [2.05, 4.69) is 4.39 Å². The fourth-order valence-electron chi connectivity index (χ4n) is 1.77. The van der Waals surface area contributed by atoms with Gasteiger partial charge in [-0.15, -0.1) is 0 Å². The minimum absolute atomic E-state index is 0.00878. The van der Waals surface area contributed by atoms with Crippen molar-refractivity contribution in [1.82, 2.24) is 0 Å². The van der Waals surface area contributed by atoms with Crippen LogP contribution in [0, 0.1) is 0 Å². The first-order valence-corrected chi connectivity index (χ1v) is 7.48. The molecule has 0 unspecified atom stereocenters. The van der Waals surface area contributed by atoms with Crippen molar-refractivity contribution in [3.63, 3.8) is 0 Å². The number of aldehydes is 1. The lowest BCUT2D eigenvalue weighted by molar-refractivity contribution is -0.0290. The van der Waals surface area contributed by atoms with Gasteiger partial charge in [-0.25, -0.2) is 0 Å². The number of para-hydroxylation sites is 1. The zero-order valence-electron chi connectivity index (χ0n) is 11.3. The van der Waals surface area contributed by atoms with Gasteiger partial charge in [0.05, 0.1) is 5.56 Å². The first-order chi connectivity index (χ1) is 10.8. The molecule has 0 heterocycles. The van der Waals surface area contributed by atoms with Crippen LogP contribution in [-0.2, 0) is 19.8 Å². The van der Waals surface area contributed by atoms with Gasteiger partial charge in [-0.1, -0.05) is 22.6 Å². The van der Waals surface area contributed by atoms with Crippen molar-refractivity contribution in [2.24, 2.45) is 0 Å². The van der Waals surface area contributed by atoms with E-state index in [1.54, 1.807) is 30.3 Å². The summed E-state index contributed by atoms with van der Waals surface area (Å²) in [7, 11) is -5.85. The number of carbonyl (C=O) groups is 1. The standard InChI is InChI=1S/C14H9F3O5S/c15-14(16,23(19,20)22-17)13-7-6-12(8-10(13)9-18)21-11-4-2-1-3-5-11/h1-9H. The van der Waals surface area contributed by atoms with Crippen LogP contribution >= 0.6 is 0 Å². The minimum atomic E-state index is -5.85. The summed E-state index contributed by atoms with van der Waals surface area (Å²) in [5.74, 6) is 0.403. The number of ether oxygens (including phenoxy) is 1. The number of halogens is 3. The molecule has 0 bridgehead atoms. The summed E-state index contributed by atoms with van der Waals surface area (Å²) >= 11 is 0. The van der Waals surface area contributed by atoms with Gasteiger partial charge in [0.15, 0.2) is 6.29 Å². The molecule has 0 aliphatic rings. The maximum absolute atomic E-state index is 13.8. The summed E-state index contributed by atoms with van der Waals surface area (Å²) in [6.07, 6.45) is 0.00878. The molecule has 0 aliphatic carbocycles. The predicted molar refractivity (Wildman–Crippen MR) is 73.4 cm³/mol. The van der Waals surface area contributed by atoms with E-state index in [0.717, 1.165) is 12.1 Å². The van der Waals surface area contributed by atoms with Crippen molar-refractivity contribution < 1.29 is 35.6 Å². The Hall–Kier alpha value is -2.39. The highest BCUT2D eigenvalue weighted by Gasteiger charge is 2.50. The Labute approximate surface area is 129 Å². The third-order valence-electron chi connectivity index (χ3n) is 2.84. The molecule has 0 saturated heterocycles. The zero-order chi connectivity index (χ0) is 17.1. The largest absolute Gasteiger partial charge is 0.457 e. The van der Waals surface area contributed by atoms with E-state index < -0.39 is 26.5 Å². The highest BCUT2D eigenvalue weighted by Crippen LogP contribution is 2.38. The van der Waals surface area contributed by atoms with Crippen molar-refractivity contribution in [2.75, 3.05) is 0 Å². The Morgan fingerprint density at radius 1 is 1.00 bits per heavy atom. The van der Waals surface area contributed by atoms with Crippen molar-refractivity contribution in [2.45, 2.75) is 5.25 Å². The zero-order valence-corrected chi connectivity index (χ0v) is 12.1. The molecule has 0 atom stereocenters. The molecule has 23 heavy (non-hydrogen) atoms. The van der Waals surface area contributed by atoms with E-state index in [9.17, 15) is 26.5 Å².